The Labute approximate surface area is 178 Å². The monoisotopic (exact) mass is 421 g/mol. The van der Waals surface area contributed by atoms with Gasteiger partial charge in [0.1, 0.15) is 6.04 Å². The van der Waals surface area contributed by atoms with Gasteiger partial charge in [-0.25, -0.2) is 4.79 Å². The number of carbonyl (C=O) groups excluding carboxylic acids is 2. The summed E-state index contributed by atoms with van der Waals surface area (Å²) in [7, 11) is 0.00294. The first-order valence-electron chi connectivity index (χ1n) is 9.56. The molecule has 6 heteroatoms. The molecule has 3 rings (SSSR count). The summed E-state index contributed by atoms with van der Waals surface area (Å²) < 4.78 is 17.2. The fraction of sp³-hybridized carbons (Fsp3) is 0.167. The first kappa shape index (κ1) is 21.5. The van der Waals surface area contributed by atoms with Gasteiger partial charge in [0.25, 0.3) is 5.91 Å². The van der Waals surface area contributed by atoms with Crippen LogP contribution in [0, 0.1) is 0 Å². The van der Waals surface area contributed by atoms with Crippen LogP contribution in [0.15, 0.2) is 89.8 Å². The summed E-state index contributed by atoms with van der Waals surface area (Å²) in [5, 5.41) is 2.70. The lowest BCUT2D eigenvalue weighted by atomic mass is 10.0. The lowest BCUT2D eigenvalue weighted by molar-refractivity contribution is -0.142. The molecule has 0 radical (unpaired) electrons. The number of nitrogens with one attached hydrogen (secondary N) is 1. The van der Waals surface area contributed by atoms with Gasteiger partial charge in [-0.1, -0.05) is 60.7 Å². The van der Waals surface area contributed by atoms with Crippen molar-refractivity contribution in [3.8, 4) is 11.1 Å². The van der Waals surface area contributed by atoms with Crippen molar-refractivity contribution in [3.63, 3.8) is 0 Å². The van der Waals surface area contributed by atoms with Crippen LogP contribution in [-0.2, 0) is 20.3 Å². The molecule has 0 unspecified atom stereocenters. The second-order valence-corrected chi connectivity index (χ2v) is 8.21. The lowest BCUT2D eigenvalue weighted by Gasteiger charge is -2.16. The van der Waals surface area contributed by atoms with Crippen LogP contribution in [0.3, 0.4) is 0 Å². The normalized spacial score (nSPS) is 12.6. The maximum absolute atomic E-state index is 12.6. The van der Waals surface area contributed by atoms with E-state index in [0.29, 0.717) is 10.5 Å². The Morgan fingerprint density at radius 1 is 0.867 bits per heavy atom. The van der Waals surface area contributed by atoms with Crippen LogP contribution >= 0.6 is 0 Å². The van der Waals surface area contributed by atoms with Gasteiger partial charge in [-0.05, 0) is 41.8 Å². The first-order valence-corrected chi connectivity index (χ1v) is 10.9. The number of hydrogen-bond donors (Lipinski definition) is 1. The van der Waals surface area contributed by atoms with Crippen LogP contribution in [0.4, 0.5) is 0 Å². The minimum absolute atomic E-state index is 0.210. The highest BCUT2D eigenvalue weighted by molar-refractivity contribution is 7.85. The minimum atomic E-state index is -1.27. The van der Waals surface area contributed by atoms with Gasteiger partial charge in [0.05, 0.1) is 17.9 Å². The molecule has 1 N–H and O–H groups in total. The summed E-state index contributed by atoms with van der Waals surface area (Å²) in [5.41, 5.74) is 2.49. The molecule has 3 aromatic rings. The van der Waals surface area contributed by atoms with Gasteiger partial charge in [0, 0.05) is 16.2 Å². The highest BCUT2D eigenvalue weighted by atomic mass is 32.2. The molecule has 0 saturated carbocycles. The molecule has 1 amide bonds. The fourth-order valence-electron chi connectivity index (χ4n) is 2.99. The zero-order valence-corrected chi connectivity index (χ0v) is 17.4. The lowest BCUT2D eigenvalue weighted by Crippen LogP contribution is -2.42. The smallest absolute Gasteiger partial charge is 0.328 e. The number of esters is 1. The fourth-order valence-corrected chi connectivity index (χ4v) is 4.14. The zero-order valence-electron chi connectivity index (χ0n) is 16.6. The summed E-state index contributed by atoms with van der Waals surface area (Å²) in [6.45, 7) is 0. The van der Waals surface area contributed by atoms with Gasteiger partial charge in [-0.3, -0.25) is 9.00 Å². The SMILES string of the molecule is COC(=O)[C@H](CC[S@@](=O)c1ccccc1)NC(=O)c1ccc(-c2ccccc2)cc1. The van der Waals surface area contributed by atoms with Gasteiger partial charge in [0.2, 0.25) is 0 Å². The van der Waals surface area contributed by atoms with Gasteiger partial charge >= 0.3 is 5.97 Å². The number of carbonyl (C=O) groups is 2. The molecule has 0 spiro atoms. The molecular formula is C24H23NO4S. The quantitative estimate of drug-likeness (QED) is 0.561. The van der Waals surface area contributed by atoms with Crippen LogP contribution < -0.4 is 5.32 Å². The molecule has 0 aliphatic rings. The van der Waals surface area contributed by atoms with Crippen molar-refractivity contribution in [3.05, 3.63) is 90.5 Å². The van der Waals surface area contributed by atoms with Crippen molar-refractivity contribution in [2.75, 3.05) is 12.9 Å². The Balaban J connectivity index is 1.65. The van der Waals surface area contributed by atoms with E-state index in [2.05, 4.69) is 5.32 Å². The molecule has 3 aromatic carbocycles. The van der Waals surface area contributed by atoms with Crippen LogP contribution in [0.2, 0.25) is 0 Å². The number of methoxy groups -OCH3 is 1. The molecule has 0 aliphatic heterocycles. The van der Waals surface area contributed by atoms with Gasteiger partial charge in [-0.2, -0.15) is 0 Å². The highest BCUT2D eigenvalue weighted by Crippen LogP contribution is 2.19. The van der Waals surface area contributed by atoms with Crippen LogP contribution in [-0.4, -0.2) is 35.0 Å². The molecular weight excluding hydrogens is 398 g/mol. The van der Waals surface area contributed by atoms with E-state index < -0.39 is 22.8 Å². The Morgan fingerprint density at radius 3 is 2.03 bits per heavy atom. The average Bonchev–Trinajstić information content (AvgIpc) is 2.82. The summed E-state index contributed by atoms with van der Waals surface area (Å²) in [4.78, 5) is 25.5. The van der Waals surface area contributed by atoms with E-state index in [0.717, 1.165) is 11.1 Å². The number of amides is 1. The summed E-state index contributed by atoms with van der Waals surface area (Å²) in [5.74, 6) is -0.707. The average molecular weight is 422 g/mol. The number of benzene rings is 3. The van der Waals surface area contributed by atoms with E-state index in [4.69, 9.17) is 4.74 Å². The number of hydrogen-bond acceptors (Lipinski definition) is 4. The zero-order chi connectivity index (χ0) is 21.3. The van der Waals surface area contributed by atoms with E-state index in [1.165, 1.54) is 7.11 Å². The molecule has 0 bridgehead atoms. The molecule has 30 heavy (non-hydrogen) atoms. The van der Waals surface area contributed by atoms with E-state index in [9.17, 15) is 13.8 Å². The second-order valence-electron chi connectivity index (χ2n) is 6.64. The Morgan fingerprint density at radius 2 is 1.43 bits per heavy atom. The van der Waals surface area contributed by atoms with E-state index >= 15 is 0 Å². The molecule has 2 atom stereocenters. The Kier molecular flexibility index (Phi) is 7.51. The topological polar surface area (TPSA) is 72.5 Å². The molecule has 0 aromatic heterocycles. The molecule has 0 saturated heterocycles. The highest BCUT2D eigenvalue weighted by Gasteiger charge is 2.23. The summed E-state index contributed by atoms with van der Waals surface area (Å²) >= 11 is 0. The van der Waals surface area contributed by atoms with Crippen molar-refractivity contribution in [1.82, 2.24) is 5.32 Å². The first-order chi connectivity index (χ1) is 14.6. The number of ether oxygens (including phenoxy) is 1. The van der Waals surface area contributed by atoms with Crippen molar-refractivity contribution in [2.24, 2.45) is 0 Å². The predicted molar refractivity (Wildman–Crippen MR) is 117 cm³/mol. The Hall–Kier alpha value is -3.25. The summed E-state index contributed by atoms with van der Waals surface area (Å²) in [6.07, 6.45) is 0.210. The maximum atomic E-state index is 12.6. The molecule has 5 nitrogen and oxygen atoms in total. The second kappa shape index (κ2) is 10.5. The largest absolute Gasteiger partial charge is 0.467 e. The third-order valence-corrected chi connectivity index (χ3v) is 6.05. The van der Waals surface area contributed by atoms with Gasteiger partial charge in [-0.15, -0.1) is 0 Å². The van der Waals surface area contributed by atoms with Gasteiger partial charge < -0.3 is 10.1 Å². The standard InChI is InChI=1S/C24H23NO4S/c1-29-24(27)22(16-17-30(28)21-10-6-3-7-11-21)25-23(26)20-14-12-19(13-15-20)18-8-4-2-5-9-18/h2-15,22H,16-17H2,1H3,(H,25,26)/t22-,30+/m0/s1. The van der Waals surface area contributed by atoms with Crippen LogP contribution in [0.25, 0.3) is 11.1 Å². The predicted octanol–water partition coefficient (Wildman–Crippen LogP) is 3.82. The number of rotatable bonds is 8. The van der Waals surface area contributed by atoms with Crippen molar-refractivity contribution in [1.29, 1.82) is 0 Å². The van der Waals surface area contributed by atoms with E-state index in [1.807, 2.05) is 60.7 Å². The maximum Gasteiger partial charge on any atom is 0.328 e. The molecule has 0 heterocycles. The van der Waals surface area contributed by atoms with Crippen molar-refractivity contribution < 1.29 is 18.5 Å². The third-order valence-electron chi connectivity index (χ3n) is 4.64. The van der Waals surface area contributed by atoms with Crippen molar-refractivity contribution in [2.45, 2.75) is 17.4 Å². The van der Waals surface area contributed by atoms with Crippen molar-refractivity contribution >= 4 is 22.7 Å². The molecule has 0 fully saturated rings. The van der Waals surface area contributed by atoms with E-state index in [1.54, 1.807) is 24.3 Å². The van der Waals surface area contributed by atoms with E-state index in [-0.39, 0.29) is 18.1 Å². The Bertz CT molecular complexity index is 1000. The molecule has 0 aliphatic carbocycles. The van der Waals surface area contributed by atoms with Crippen LogP contribution in [0.1, 0.15) is 16.8 Å². The third kappa shape index (κ3) is 5.64. The summed E-state index contributed by atoms with van der Waals surface area (Å²) in [6, 6.07) is 25.2. The minimum Gasteiger partial charge on any atom is -0.467 e. The van der Waals surface area contributed by atoms with Gasteiger partial charge in [0.15, 0.2) is 0 Å². The van der Waals surface area contributed by atoms with Crippen LogP contribution in [0.5, 0.6) is 0 Å². The molecule has 154 valence electrons.